The molecule has 0 amide bonds. The van der Waals surface area contributed by atoms with E-state index < -0.39 is 6.04 Å². The summed E-state index contributed by atoms with van der Waals surface area (Å²) >= 11 is 0. The Morgan fingerprint density at radius 3 is 1.38 bits per heavy atom. The fourth-order valence-electron chi connectivity index (χ4n) is 3.94. The van der Waals surface area contributed by atoms with E-state index in [0.717, 1.165) is 12.8 Å². The fourth-order valence-corrected chi connectivity index (χ4v) is 3.94. The zero-order valence-corrected chi connectivity index (χ0v) is 19.1. The Morgan fingerprint density at radius 1 is 0.655 bits per heavy atom. The molecule has 0 spiro atoms. The molecule has 0 aliphatic carbocycles. The molecule has 0 saturated heterocycles. The van der Waals surface area contributed by atoms with Crippen LogP contribution in [0, 0.1) is 0 Å². The third-order valence-corrected chi connectivity index (χ3v) is 5.79. The molecule has 0 bridgehead atoms. The largest absolute Gasteiger partial charge is 0.395 e. The maximum Gasteiger partial charge on any atom is 0.152 e. The van der Waals surface area contributed by atoms with Crippen molar-refractivity contribution < 1.29 is 20.1 Å². The number of hydrogen-bond acceptors (Lipinski definition) is 5. The second-order valence-electron chi connectivity index (χ2n) is 8.35. The molecule has 0 heterocycles. The molecule has 0 aromatic carbocycles. The fraction of sp³-hybridized carbons (Fsp3) is 0.958. The Bertz CT molecular complexity index is 346. The lowest BCUT2D eigenvalue weighted by molar-refractivity contribution is -0.126. The van der Waals surface area contributed by atoms with E-state index in [0.29, 0.717) is 19.5 Å². The summed E-state index contributed by atoms with van der Waals surface area (Å²) in [5.41, 5.74) is 0. The lowest BCUT2D eigenvalue weighted by atomic mass is 10.0. The Balaban J connectivity index is 3.55. The quantitative estimate of drug-likeness (QED) is 0.215. The second kappa shape index (κ2) is 22.2. The first kappa shape index (κ1) is 28.5. The van der Waals surface area contributed by atoms with Crippen LogP contribution in [-0.4, -0.2) is 65.0 Å². The number of aliphatic hydroxyl groups is 3. The predicted molar refractivity (Wildman–Crippen MR) is 121 cm³/mol. The van der Waals surface area contributed by atoms with E-state index in [1.54, 1.807) is 4.90 Å². The van der Waals surface area contributed by atoms with E-state index in [1.807, 2.05) is 0 Å². The summed E-state index contributed by atoms with van der Waals surface area (Å²) < 4.78 is 0. The number of nitrogens with zero attached hydrogens (tertiary/aromatic N) is 1. The van der Waals surface area contributed by atoms with E-state index in [-0.39, 0.29) is 25.6 Å². The first-order valence-corrected chi connectivity index (χ1v) is 12.3. The molecule has 0 radical (unpaired) electrons. The molecule has 0 saturated carbocycles. The molecule has 29 heavy (non-hydrogen) atoms. The first-order valence-electron chi connectivity index (χ1n) is 12.3. The monoisotopic (exact) mass is 415 g/mol. The van der Waals surface area contributed by atoms with Crippen LogP contribution in [0.5, 0.6) is 0 Å². The summed E-state index contributed by atoms with van der Waals surface area (Å²) in [6.45, 7) is 2.45. The van der Waals surface area contributed by atoms with Gasteiger partial charge < -0.3 is 15.3 Å². The molecule has 174 valence electrons. The summed E-state index contributed by atoms with van der Waals surface area (Å²) in [5.74, 6) is 0.0177. The lowest BCUT2D eigenvalue weighted by Crippen LogP contribution is -2.46. The molecule has 0 rings (SSSR count). The van der Waals surface area contributed by atoms with Crippen molar-refractivity contribution in [3.05, 3.63) is 0 Å². The third-order valence-electron chi connectivity index (χ3n) is 5.79. The van der Waals surface area contributed by atoms with Gasteiger partial charge in [-0.15, -0.1) is 0 Å². The number of rotatable bonds is 23. The van der Waals surface area contributed by atoms with Gasteiger partial charge in [0.15, 0.2) is 5.78 Å². The van der Waals surface area contributed by atoms with Crippen LogP contribution in [0.4, 0.5) is 0 Å². The van der Waals surface area contributed by atoms with Crippen LogP contribution in [0.15, 0.2) is 0 Å². The molecule has 1 unspecified atom stereocenters. The highest BCUT2D eigenvalue weighted by Crippen LogP contribution is 2.14. The van der Waals surface area contributed by atoms with Gasteiger partial charge in [0.1, 0.15) is 0 Å². The van der Waals surface area contributed by atoms with Gasteiger partial charge in [-0.3, -0.25) is 9.69 Å². The standard InChI is InChI=1S/C24H49NO4/c1-2-3-4-5-6-7-8-9-10-11-12-13-14-15-16-17-24(29)23(22-28)25(18-20-26)19-21-27/h23,26-28H,2-22H2,1H3. The smallest absolute Gasteiger partial charge is 0.152 e. The van der Waals surface area contributed by atoms with E-state index in [4.69, 9.17) is 10.2 Å². The summed E-state index contributed by atoms with van der Waals surface area (Å²) in [4.78, 5) is 14.0. The van der Waals surface area contributed by atoms with Crippen LogP contribution in [0.25, 0.3) is 0 Å². The number of aliphatic hydroxyl groups excluding tert-OH is 3. The summed E-state index contributed by atoms with van der Waals surface area (Å²) in [6.07, 6.45) is 19.9. The van der Waals surface area contributed by atoms with Crippen molar-refractivity contribution in [3.63, 3.8) is 0 Å². The highest BCUT2D eigenvalue weighted by molar-refractivity contribution is 5.84. The topological polar surface area (TPSA) is 81.0 Å². The molecule has 5 heteroatoms. The van der Waals surface area contributed by atoms with Crippen LogP contribution < -0.4 is 0 Å². The van der Waals surface area contributed by atoms with E-state index in [2.05, 4.69) is 6.92 Å². The summed E-state index contributed by atoms with van der Waals surface area (Å²) in [7, 11) is 0. The highest BCUT2D eigenvalue weighted by atomic mass is 16.3. The van der Waals surface area contributed by atoms with Crippen molar-refractivity contribution in [3.8, 4) is 0 Å². The average molecular weight is 416 g/mol. The molecular weight excluding hydrogens is 366 g/mol. The molecule has 5 nitrogen and oxygen atoms in total. The molecule has 0 aromatic heterocycles. The average Bonchev–Trinajstić information content (AvgIpc) is 2.71. The second-order valence-corrected chi connectivity index (χ2v) is 8.35. The molecule has 0 aliphatic heterocycles. The molecule has 1 atom stereocenters. The van der Waals surface area contributed by atoms with Gasteiger partial charge in [-0.1, -0.05) is 96.8 Å². The Labute approximate surface area is 179 Å². The van der Waals surface area contributed by atoms with E-state index in [9.17, 15) is 9.90 Å². The number of unbranched alkanes of at least 4 members (excludes halogenated alkanes) is 14. The van der Waals surface area contributed by atoms with Gasteiger partial charge in [-0.2, -0.15) is 0 Å². The number of hydrogen-bond donors (Lipinski definition) is 3. The zero-order valence-electron chi connectivity index (χ0n) is 19.1. The van der Waals surface area contributed by atoms with Crippen molar-refractivity contribution in [2.24, 2.45) is 0 Å². The maximum atomic E-state index is 12.3. The Morgan fingerprint density at radius 2 is 1.03 bits per heavy atom. The maximum absolute atomic E-state index is 12.3. The van der Waals surface area contributed by atoms with Crippen LogP contribution in [0.3, 0.4) is 0 Å². The van der Waals surface area contributed by atoms with Crippen molar-refractivity contribution in [1.82, 2.24) is 4.90 Å². The van der Waals surface area contributed by atoms with Crippen LogP contribution in [-0.2, 0) is 4.79 Å². The minimum absolute atomic E-state index is 0.0177. The van der Waals surface area contributed by atoms with Crippen molar-refractivity contribution in [2.75, 3.05) is 32.9 Å². The van der Waals surface area contributed by atoms with Gasteiger partial charge >= 0.3 is 0 Å². The number of Topliss-reactive ketones (excluding diaryl/α,β-unsaturated/α-hetero) is 1. The van der Waals surface area contributed by atoms with Gasteiger partial charge in [0.25, 0.3) is 0 Å². The highest BCUT2D eigenvalue weighted by Gasteiger charge is 2.23. The van der Waals surface area contributed by atoms with Gasteiger partial charge in [-0.05, 0) is 6.42 Å². The minimum Gasteiger partial charge on any atom is -0.395 e. The van der Waals surface area contributed by atoms with Gasteiger partial charge in [0.05, 0.1) is 25.9 Å². The van der Waals surface area contributed by atoms with E-state index >= 15 is 0 Å². The number of ketones is 1. The van der Waals surface area contributed by atoms with Crippen LogP contribution in [0.1, 0.15) is 110 Å². The van der Waals surface area contributed by atoms with Crippen molar-refractivity contribution >= 4 is 5.78 Å². The minimum atomic E-state index is -0.596. The van der Waals surface area contributed by atoms with Crippen LogP contribution in [0.2, 0.25) is 0 Å². The normalized spacial score (nSPS) is 12.6. The molecule has 0 fully saturated rings. The predicted octanol–water partition coefficient (Wildman–Crippen LogP) is 4.46. The summed E-state index contributed by atoms with van der Waals surface area (Å²) in [5, 5.41) is 27.7. The van der Waals surface area contributed by atoms with Gasteiger partial charge in [-0.25, -0.2) is 0 Å². The Kier molecular flexibility index (Phi) is 21.8. The van der Waals surface area contributed by atoms with Gasteiger partial charge in [0.2, 0.25) is 0 Å². The SMILES string of the molecule is CCCCCCCCCCCCCCCCCC(=O)C(CO)N(CCO)CCO. The summed E-state index contributed by atoms with van der Waals surface area (Å²) in [6, 6.07) is -0.596. The Hall–Kier alpha value is -0.490. The van der Waals surface area contributed by atoms with Crippen LogP contribution >= 0.6 is 0 Å². The first-order chi connectivity index (χ1) is 14.2. The number of carbonyl (C=O) groups excluding carboxylic acids is 1. The van der Waals surface area contributed by atoms with E-state index in [1.165, 1.54) is 83.5 Å². The zero-order chi connectivity index (χ0) is 21.6. The molecule has 3 N–H and O–H groups in total. The van der Waals surface area contributed by atoms with Crippen molar-refractivity contribution in [2.45, 2.75) is 116 Å². The number of carbonyl (C=O) groups is 1. The third kappa shape index (κ3) is 16.9. The molecule has 0 aromatic rings. The molecule has 0 aliphatic rings. The van der Waals surface area contributed by atoms with Gasteiger partial charge in [0, 0.05) is 19.5 Å². The molecular formula is C24H49NO4. The van der Waals surface area contributed by atoms with Crippen molar-refractivity contribution in [1.29, 1.82) is 0 Å². The lowest BCUT2D eigenvalue weighted by Gasteiger charge is -2.28.